The van der Waals surface area contributed by atoms with Crippen molar-refractivity contribution in [2.24, 2.45) is 0 Å². The molecule has 0 bridgehead atoms. The molecule has 0 saturated carbocycles. The van der Waals surface area contributed by atoms with E-state index in [0.717, 1.165) is 44.5 Å². The third-order valence-corrected chi connectivity index (χ3v) is 11.3. The fraction of sp³-hybridized carbons (Fsp3) is 0. The zero-order valence-electron chi connectivity index (χ0n) is 32.1. The number of hydrogen-bond acceptors (Lipinski definition) is 3. The minimum atomic E-state index is 0.633. The van der Waals surface area contributed by atoms with Crippen LogP contribution in [0.1, 0.15) is 0 Å². The molecule has 11 aromatic rings. The molecule has 0 fully saturated rings. The first-order chi connectivity index (χ1) is 29.2. The van der Waals surface area contributed by atoms with Crippen LogP contribution in [0.3, 0.4) is 0 Å². The van der Waals surface area contributed by atoms with E-state index in [2.05, 4.69) is 217 Å². The first kappa shape index (κ1) is 34.3. The van der Waals surface area contributed by atoms with E-state index in [-0.39, 0.29) is 0 Å². The van der Waals surface area contributed by atoms with Crippen molar-refractivity contribution in [2.45, 2.75) is 0 Å². The van der Waals surface area contributed by atoms with Gasteiger partial charge in [-0.3, -0.25) is 0 Å². The van der Waals surface area contributed by atoms with Crippen molar-refractivity contribution in [3.05, 3.63) is 218 Å². The van der Waals surface area contributed by atoms with Crippen LogP contribution in [0, 0.1) is 0 Å². The highest BCUT2D eigenvalue weighted by atomic mass is 15.0. The van der Waals surface area contributed by atoms with Crippen LogP contribution in [0.5, 0.6) is 0 Å². The van der Waals surface area contributed by atoms with E-state index in [1.807, 2.05) is 6.07 Å². The summed E-state index contributed by atoms with van der Waals surface area (Å²) in [5, 5.41) is 4.84. The molecule has 59 heavy (non-hydrogen) atoms. The van der Waals surface area contributed by atoms with Crippen LogP contribution in [0.25, 0.3) is 106 Å². The maximum absolute atomic E-state index is 5.06. The number of para-hydroxylation sites is 1. The molecule has 9 aromatic carbocycles. The lowest BCUT2D eigenvalue weighted by Gasteiger charge is -2.11. The number of nitrogens with zero attached hydrogens (tertiary/aromatic N) is 4. The summed E-state index contributed by atoms with van der Waals surface area (Å²) in [5.41, 5.74) is 13.4. The molecule has 11 rings (SSSR count). The highest BCUT2D eigenvalue weighted by Gasteiger charge is 2.17. The average molecular weight is 753 g/mol. The highest BCUT2D eigenvalue weighted by Crippen LogP contribution is 2.39. The van der Waals surface area contributed by atoms with Crippen molar-refractivity contribution in [2.75, 3.05) is 0 Å². The van der Waals surface area contributed by atoms with Gasteiger partial charge in [-0.25, -0.2) is 15.0 Å². The van der Waals surface area contributed by atoms with Crippen LogP contribution < -0.4 is 0 Å². The molecule has 4 heteroatoms. The Morgan fingerprint density at radius 1 is 0.288 bits per heavy atom. The number of aromatic nitrogens is 4. The molecule has 0 radical (unpaired) electrons. The second-order valence-electron chi connectivity index (χ2n) is 14.9. The molecule has 0 saturated heterocycles. The molecule has 2 aromatic heterocycles. The zero-order chi connectivity index (χ0) is 39.1. The molecule has 2 heterocycles. The molecule has 276 valence electrons. The van der Waals surface area contributed by atoms with Gasteiger partial charge in [-0.2, -0.15) is 0 Å². The third-order valence-electron chi connectivity index (χ3n) is 11.3. The first-order valence-electron chi connectivity index (χ1n) is 19.9. The molecular weight excluding hydrogens is 717 g/mol. The van der Waals surface area contributed by atoms with Crippen LogP contribution in [-0.2, 0) is 0 Å². The van der Waals surface area contributed by atoms with Crippen LogP contribution in [-0.4, -0.2) is 19.5 Å². The van der Waals surface area contributed by atoms with Gasteiger partial charge in [-0.1, -0.05) is 188 Å². The Hall–Kier alpha value is -7.95. The van der Waals surface area contributed by atoms with Crippen molar-refractivity contribution >= 4 is 32.6 Å². The Morgan fingerprint density at radius 3 is 1.39 bits per heavy atom. The minimum absolute atomic E-state index is 0.633. The van der Waals surface area contributed by atoms with Crippen molar-refractivity contribution < 1.29 is 0 Å². The van der Waals surface area contributed by atoms with Gasteiger partial charge >= 0.3 is 0 Å². The zero-order valence-corrected chi connectivity index (χ0v) is 32.1. The Morgan fingerprint density at radius 2 is 0.746 bits per heavy atom. The van der Waals surface area contributed by atoms with Gasteiger partial charge in [0.25, 0.3) is 0 Å². The SMILES string of the molecule is c1ccc(-c2ccc(-c3nc(-c4ccc(-c5ccc(-n6c7ccccc7c7c(-c8ccccc8)cccc76)cc5)cc4)nc(-c4ccc5ccccc5c4)n3)cc2)cc1. The minimum Gasteiger partial charge on any atom is -0.309 e. The van der Waals surface area contributed by atoms with Gasteiger partial charge in [-0.05, 0) is 74.5 Å². The average Bonchev–Trinajstić information content (AvgIpc) is 3.66. The summed E-state index contributed by atoms with van der Waals surface area (Å²) in [6, 6.07) is 77.0. The lowest BCUT2D eigenvalue weighted by Crippen LogP contribution is -2.00. The fourth-order valence-electron chi connectivity index (χ4n) is 8.30. The van der Waals surface area contributed by atoms with Crippen molar-refractivity contribution in [3.8, 4) is 73.2 Å². The van der Waals surface area contributed by atoms with Gasteiger partial charge in [-0.15, -0.1) is 0 Å². The monoisotopic (exact) mass is 752 g/mol. The van der Waals surface area contributed by atoms with Crippen LogP contribution in [0.15, 0.2) is 218 Å². The molecule has 0 aliphatic rings. The molecular formula is C55H36N4. The summed E-state index contributed by atoms with van der Waals surface area (Å²) in [7, 11) is 0. The van der Waals surface area contributed by atoms with Gasteiger partial charge in [0, 0.05) is 33.2 Å². The predicted molar refractivity (Wildman–Crippen MR) is 244 cm³/mol. The second-order valence-corrected chi connectivity index (χ2v) is 14.9. The summed E-state index contributed by atoms with van der Waals surface area (Å²) in [6.45, 7) is 0. The van der Waals surface area contributed by atoms with Gasteiger partial charge in [0.05, 0.1) is 11.0 Å². The summed E-state index contributed by atoms with van der Waals surface area (Å²) >= 11 is 0. The largest absolute Gasteiger partial charge is 0.309 e. The summed E-state index contributed by atoms with van der Waals surface area (Å²) in [4.78, 5) is 15.2. The van der Waals surface area contributed by atoms with Crippen molar-refractivity contribution in [1.82, 2.24) is 19.5 Å². The fourth-order valence-corrected chi connectivity index (χ4v) is 8.30. The number of benzene rings is 9. The quantitative estimate of drug-likeness (QED) is 0.163. The number of hydrogen-bond donors (Lipinski definition) is 0. The van der Waals surface area contributed by atoms with Gasteiger partial charge in [0.15, 0.2) is 17.5 Å². The molecule has 0 unspecified atom stereocenters. The smallest absolute Gasteiger partial charge is 0.164 e. The molecule has 4 nitrogen and oxygen atoms in total. The Labute approximate surface area is 342 Å². The van der Waals surface area contributed by atoms with E-state index in [9.17, 15) is 0 Å². The first-order valence-corrected chi connectivity index (χ1v) is 19.9. The van der Waals surface area contributed by atoms with E-state index in [1.54, 1.807) is 0 Å². The maximum Gasteiger partial charge on any atom is 0.164 e. The molecule has 0 N–H and O–H groups in total. The molecule has 0 aliphatic heterocycles. The second kappa shape index (κ2) is 14.5. The Kier molecular flexibility index (Phi) is 8.45. The molecule has 0 amide bonds. The summed E-state index contributed by atoms with van der Waals surface area (Å²) in [5.74, 6) is 1.91. The van der Waals surface area contributed by atoms with E-state index in [4.69, 9.17) is 15.0 Å². The lowest BCUT2D eigenvalue weighted by atomic mass is 9.99. The topological polar surface area (TPSA) is 43.6 Å². The molecule has 0 aliphatic carbocycles. The molecule has 0 spiro atoms. The normalized spacial score (nSPS) is 11.4. The van der Waals surface area contributed by atoms with Crippen molar-refractivity contribution in [1.29, 1.82) is 0 Å². The van der Waals surface area contributed by atoms with Crippen LogP contribution >= 0.6 is 0 Å². The predicted octanol–water partition coefficient (Wildman–Crippen LogP) is 14.1. The van der Waals surface area contributed by atoms with E-state index >= 15 is 0 Å². The third kappa shape index (κ3) is 6.34. The lowest BCUT2D eigenvalue weighted by molar-refractivity contribution is 1.07. The van der Waals surface area contributed by atoms with E-state index < -0.39 is 0 Å². The molecule has 0 atom stereocenters. The Bertz CT molecular complexity index is 3280. The van der Waals surface area contributed by atoms with E-state index in [1.165, 1.54) is 43.9 Å². The maximum atomic E-state index is 5.06. The highest BCUT2D eigenvalue weighted by molar-refractivity contribution is 6.15. The summed E-state index contributed by atoms with van der Waals surface area (Å²) < 4.78 is 2.38. The van der Waals surface area contributed by atoms with Crippen LogP contribution in [0.4, 0.5) is 0 Å². The van der Waals surface area contributed by atoms with Gasteiger partial charge < -0.3 is 4.57 Å². The van der Waals surface area contributed by atoms with Crippen LogP contribution in [0.2, 0.25) is 0 Å². The van der Waals surface area contributed by atoms with Crippen molar-refractivity contribution in [3.63, 3.8) is 0 Å². The number of fused-ring (bicyclic) bond motifs is 4. The van der Waals surface area contributed by atoms with Gasteiger partial charge in [0.1, 0.15) is 0 Å². The Balaban J connectivity index is 0.947. The number of rotatable bonds is 7. The standard InChI is InChI=1S/C55H36N4/c1-3-12-37(13-4-1)39-22-27-43(28-23-39)53-56-54(58-55(57-53)46-31-26-38-14-7-8-17-45(38)36-46)44-29-24-40(25-30-44)41-32-34-47(35-33-41)59-50-20-10-9-18-49(50)52-48(19-11-21-51(52)59)42-15-5-2-6-16-42/h1-36H. The summed E-state index contributed by atoms with van der Waals surface area (Å²) in [6.07, 6.45) is 0. The van der Waals surface area contributed by atoms with E-state index in [0.29, 0.717) is 17.5 Å². The van der Waals surface area contributed by atoms with Gasteiger partial charge in [0.2, 0.25) is 0 Å².